The van der Waals surface area contributed by atoms with Crippen LogP contribution in [0, 0.1) is 0 Å². The highest BCUT2D eigenvalue weighted by molar-refractivity contribution is 5.60. The third-order valence-electron chi connectivity index (χ3n) is 1.76. The minimum Gasteiger partial charge on any atom is -0.506 e. The lowest BCUT2D eigenvalue weighted by Gasteiger charge is -2.07. The predicted molar refractivity (Wildman–Crippen MR) is 47.0 cm³/mol. The van der Waals surface area contributed by atoms with Crippen molar-refractivity contribution in [2.24, 2.45) is 0 Å². The number of aromatic hydroxyl groups is 1. The van der Waals surface area contributed by atoms with Crippen molar-refractivity contribution in [3.05, 3.63) is 23.8 Å². The molecule has 2 N–H and O–H groups in total. The Kier molecular flexibility index (Phi) is 2.36. The van der Waals surface area contributed by atoms with Crippen LogP contribution >= 0.6 is 0 Å². The molecular formula is C9H13NO. The summed E-state index contributed by atoms with van der Waals surface area (Å²) in [4.78, 5) is 0. The maximum atomic E-state index is 9.36. The van der Waals surface area contributed by atoms with Crippen LogP contribution in [0.15, 0.2) is 18.2 Å². The average Bonchev–Trinajstić information content (AvgIpc) is 2.04. The van der Waals surface area contributed by atoms with Gasteiger partial charge in [0.1, 0.15) is 5.75 Å². The maximum Gasteiger partial charge on any atom is 0.138 e. The molecular weight excluding hydrogens is 138 g/mol. The van der Waals surface area contributed by atoms with Crippen LogP contribution in [0.3, 0.4) is 0 Å². The number of phenolic OH excluding ortho intramolecular Hbond substituents is 1. The molecule has 60 valence electrons. The van der Waals surface area contributed by atoms with Crippen LogP contribution in [0.2, 0.25) is 0 Å². The van der Waals surface area contributed by atoms with Crippen molar-refractivity contribution in [2.45, 2.75) is 13.3 Å². The van der Waals surface area contributed by atoms with Crippen LogP contribution in [0.1, 0.15) is 12.5 Å². The Morgan fingerprint density at radius 1 is 1.45 bits per heavy atom. The molecule has 0 amide bonds. The van der Waals surface area contributed by atoms with Gasteiger partial charge in [0, 0.05) is 7.05 Å². The molecule has 1 aromatic rings. The molecule has 0 aliphatic rings. The molecule has 2 nitrogen and oxygen atoms in total. The lowest BCUT2D eigenvalue weighted by molar-refractivity contribution is 0.477. The minimum atomic E-state index is 0.326. The Morgan fingerprint density at radius 2 is 2.18 bits per heavy atom. The molecule has 0 heterocycles. The molecule has 0 saturated carbocycles. The lowest BCUT2D eigenvalue weighted by Crippen LogP contribution is -1.93. The molecule has 0 aliphatic heterocycles. The van der Waals surface area contributed by atoms with Crippen molar-refractivity contribution >= 4 is 5.69 Å². The molecule has 0 bridgehead atoms. The summed E-state index contributed by atoms with van der Waals surface area (Å²) < 4.78 is 0. The molecule has 0 aliphatic carbocycles. The molecule has 0 saturated heterocycles. The van der Waals surface area contributed by atoms with Gasteiger partial charge in [-0.15, -0.1) is 0 Å². The van der Waals surface area contributed by atoms with Gasteiger partial charge in [-0.05, 0) is 18.1 Å². The molecule has 2 heteroatoms. The molecule has 0 radical (unpaired) electrons. The van der Waals surface area contributed by atoms with E-state index < -0.39 is 0 Å². The zero-order valence-corrected chi connectivity index (χ0v) is 6.89. The van der Waals surface area contributed by atoms with E-state index in [1.807, 2.05) is 19.2 Å². The molecule has 1 rings (SSSR count). The van der Waals surface area contributed by atoms with E-state index in [0.29, 0.717) is 5.75 Å². The molecule has 0 fully saturated rings. The fourth-order valence-corrected chi connectivity index (χ4v) is 1.17. The SMILES string of the molecule is CCc1cccc(O)c1NC. The van der Waals surface area contributed by atoms with Crippen LogP contribution in [-0.2, 0) is 6.42 Å². The van der Waals surface area contributed by atoms with E-state index in [2.05, 4.69) is 12.2 Å². The minimum absolute atomic E-state index is 0.326. The number of rotatable bonds is 2. The van der Waals surface area contributed by atoms with Crippen molar-refractivity contribution in [2.75, 3.05) is 12.4 Å². The quantitative estimate of drug-likeness (QED) is 0.633. The Bertz CT molecular complexity index is 245. The first-order chi connectivity index (χ1) is 5.29. The topological polar surface area (TPSA) is 32.3 Å². The Balaban J connectivity index is 3.13. The van der Waals surface area contributed by atoms with Gasteiger partial charge in [-0.2, -0.15) is 0 Å². The fourth-order valence-electron chi connectivity index (χ4n) is 1.17. The predicted octanol–water partition coefficient (Wildman–Crippen LogP) is 2.00. The summed E-state index contributed by atoms with van der Waals surface area (Å²) in [5.41, 5.74) is 1.99. The van der Waals surface area contributed by atoms with E-state index in [1.165, 1.54) is 0 Å². The Hall–Kier alpha value is -1.18. The summed E-state index contributed by atoms with van der Waals surface area (Å²) in [6.07, 6.45) is 0.935. The highest BCUT2D eigenvalue weighted by Crippen LogP contribution is 2.26. The zero-order valence-electron chi connectivity index (χ0n) is 6.89. The Labute approximate surface area is 66.9 Å². The second-order valence-electron chi connectivity index (χ2n) is 2.41. The first kappa shape index (κ1) is 7.92. The fraction of sp³-hybridized carbons (Fsp3) is 0.333. The van der Waals surface area contributed by atoms with Crippen molar-refractivity contribution in [3.8, 4) is 5.75 Å². The molecule has 11 heavy (non-hydrogen) atoms. The van der Waals surface area contributed by atoms with Gasteiger partial charge in [0.05, 0.1) is 5.69 Å². The lowest BCUT2D eigenvalue weighted by atomic mass is 10.1. The van der Waals surface area contributed by atoms with Gasteiger partial charge < -0.3 is 10.4 Å². The van der Waals surface area contributed by atoms with Crippen molar-refractivity contribution in [3.63, 3.8) is 0 Å². The van der Waals surface area contributed by atoms with Gasteiger partial charge in [-0.25, -0.2) is 0 Å². The summed E-state index contributed by atoms with van der Waals surface area (Å²) >= 11 is 0. The molecule has 0 spiro atoms. The Morgan fingerprint density at radius 3 is 2.64 bits per heavy atom. The highest BCUT2D eigenvalue weighted by Gasteiger charge is 2.01. The molecule has 1 aromatic carbocycles. The van der Waals surface area contributed by atoms with Gasteiger partial charge in [0.15, 0.2) is 0 Å². The van der Waals surface area contributed by atoms with Gasteiger partial charge >= 0.3 is 0 Å². The number of para-hydroxylation sites is 1. The highest BCUT2D eigenvalue weighted by atomic mass is 16.3. The standard InChI is InChI=1S/C9H13NO/c1-3-7-5-4-6-8(11)9(7)10-2/h4-6,10-11H,3H2,1-2H3. The third-order valence-corrected chi connectivity index (χ3v) is 1.76. The van der Waals surface area contributed by atoms with Crippen LogP contribution < -0.4 is 5.32 Å². The van der Waals surface area contributed by atoms with Crippen molar-refractivity contribution in [1.82, 2.24) is 0 Å². The number of hydrogen-bond acceptors (Lipinski definition) is 2. The normalized spacial score (nSPS) is 9.64. The number of phenols is 1. The molecule has 0 aromatic heterocycles. The first-order valence-electron chi connectivity index (χ1n) is 3.78. The van der Waals surface area contributed by atoms with Gasteiger partial charge in [-0.3, -0.25) is 0 Å². The number of hydrogen-bond donors (Lipinski definition) is 2. The largest absolute Gasteiger partial charge is 0.506 e. The number of anilines is 1. The van der Waals surface area contributed by atoms with E-state index in [1.54, 1.807) is 6.07 Å². The number of aryl methyl sites for hydroxylation is 1. The summed E-state index contributed by atoms with van der Waals surface area (Å²) in [6.45, 7) is 2.07. The van der Waals surface area contributed by atoms with E-state index in [9.17, 15) is 5.11 Å². The first-order valence-corrected chi connectivity index (χ1v) is 3.78. The summed E-state index contributed by atoms with van der Waals surface area (Å²) in [5, 5.41) is 12.3. The second-order valence-corrected chi connectivity index (χ2v) is 2.41. The second kappa shape index (κ2) is 3.28. The molecule has 0 unspecified atom stereocenters. The number of nitrogens with one attached hydrogen (secondary N) is 1. The van der Waals surface area contributed by atoms with Crippen molar-refractivity contribution < 1.29 is 5.11 Å². The number of benzene rings is 1. The van der Waals surface area contributed by atoms with E-state index in [0.717, 1.165) is 17.7 Å². The third kappa shape index (κ3) is 1.45. The summed E-state index contributed by atoms with van der Waals surface area (Å²) in [6, 6.07) is 5.55. The van der Waals surface area contributed by atoms with Crippen molar-refractivity contribution in [1.29, 1.82) is 0 Å². The van der Waals surface area contributed by atoms with Crippen LogP contribution in [0.5, 0.6) is 5.75 Å². The monoisotopic (exact) mass is 151 g/mol. The van der Waals surface area contributed by atoms with Crippen LogP contribution in [-0.4, -0.2) is 12.2 Å². The maximum absolute atomic E-state index is 9.36. The average molecular weight is 151 g/mol. The molecule has 0 atom stereocenters. The van der Waals surface area contributed by atoms with Gasteiger partial charge in [0.2, 0.25) is 0 Å². The van der Waals surface area contributed by atoms with E-state index >= 15 is 0 Å². The smallest absolute Gasteiger partial charge is 0.138 e. The van der Waals surface area contributed by atoms with E-state index in [-0.39, 0.29) is 0 Å². The van der Waals surface area contributed by atoms with E-state index in [4.69, 9.17) is 0 Å². The summed E-state index contributed by atoms with van der Waals surface area (Å²) in [7, 11) is 1.81. The van der Waals surface area contributed by atoms with Crippen LogP contribution in [0.4, 0.5) is 5.69 Å². The summed E-state index contributed by atoms with van der Waals surface area (Å²) in [5.74, 6) is 0.326. The zero-order chi connectivity index (χ0) is 8.27. The van der Waals surface area contributed by atoms with Gasteiger partial charge in [0.25, 0.3) is 0 Å². The van der Waals surface area contributed by atoms with Crippen LogP contribution in [0.25, 0.3) is 0 Å². The van der Waals surface area contributed by atoms with Gasteiger partial charge in [-0.1, -0.05) is 19.1 Å².